The van der Waals surface area contributed by atoms with Gasteiger partial charge in [-0.05, 0) is 12.1 Å². The van der Waals surface area contributed by atoms with E-state index in [1.165, 1.54) is 18.3 Å². The van der Waals surface area contributed by atoms with Crippen molar-refractivity contribution in [2.75, 3.05) is 5.06 Å². The minimum Gasteiger partial charge on any atom is -0.380 e. The number of hydrogen-bond donors (Lipinski definition) is 2. The van der Waals surface area contributed by atoms with E-state index in [2.05, 4.69) is 0 Å². The zero-order valence-corrected chi connectivity index (χ0v) is 7.09. The summed E-state index contributed by atoms with van der Waals surface area (Å²) in [6.07, 6.45) is 1.26. The predicted molar refractivity (Wildman–Crippen MR) is 45.9 cm³/mol. The van der Waals surface area contributed by atoms with Gasteiger partial charge in [-0.3, -0.25) is 5.21 Å². The van der Waals surface area contributed by atoms with Crippen LogP contribution < -0.4 is 10.8 Å². The van der Waals surface area contributed by atoms with Crippen LogP contribution in [-0.2, 0) is 4.94 Å². The van der Waals surface area contributed by atoms with Crippen LogP contribution in [0.1, 0.15) is 0 Å². The van der Waals surface area contributed by atoms with Crippen molar-refractivity contribution in [2.24, 2.45) is 5.73 Å². The molecule has 6 heteroatoms. The monoisotopic (exact) mass is 197 g/mol. The van der Waals surface area contributed by atoms with Crippen LogP contribution >= 0.6 is 0 Å². The Hall–Kier alpha value is -1.79. The largest absolute Gasteiger partial charge is 0.380 e. The van der Waals surface area contributed by atoms with Crippen LogP contribution in [0.3, 0.4) is 0 Å². The van der Waals surface area contributed by atoms with Gasteiger partial charge in [-0.2, -0.15) is 5.06 Å². The van der Waals surface area contributed by atoms with Crippen LogP contribution in [0, 0.1) is 5.82 Å². The van der Waals surface area contributed by atoms with Crippen molar-refractivity contribution in [2.45, 2.75) is 0 Å². The standard InChI is InChI=1S/C8H8FN3O2/c9-6-3-1-2-4-7(6)11-5-8(10)12(13)14-11/h1-5,13H,10H2. The Labute approximate surface area is 79.3 Å². The third-order valence-corrected chi connectivity index (χ3v) is 1.73. The molecule has 0 bridgehead atoms. The number of hydrogen-bond acceptors (Lipinski definition) is 5. The van der Waals surface area contributed by atoms with Gasteiger partial charge in [0.1, 0.15) is 11.5 Å². The van der Waals surface area contributed by atoms with E-state index in [-0.39, 0.29) is 11.5 Å². The minimum absolute atomic E-state index is 0.0201. The molecule has 2 rings (SSSR count). The molecule has 0 unspecified atom stereocenters. The van der Waals surface area contributed by atoms with Crippen LogP contribution in [0.15, 0.2) is 36.3 Å². The molecule has 1 aliphatic rings. The molecule has 1 aromatic carbocycles. The molecule has 0 spiro atoms. The summed E-state index contributed by atoms with van der Waals surface area (Å²) in [6.45, 7) is 0. The number of benzene rings is 1. The molecule has 0 radical (unpaired) electrons. The summed E-state index contributed by atoms with van der Waals surface area (Å²) in [5.41, 5.74) is 5.48. The van der Waals surface area contributed by atoms with Crippen LogP contribution in [0.4, 0.5) is 10.1 Å². The quantitative estimate of drug-likeness (QED) is 0.701. The average Bonchev–Trinajstić information content (AvgIpc) is 2.48. The van der Waals surface area contributed by atoms with Crippen molar-refractivity contribution >= 4 is 5.69 Å². The average molecular weight is 197 g/mol. The lowest BCUT2D eigenvalue weighted by molar-refractivity contribution is -0.304. The normalized spacial score (nSPS) is 16.0. The third-order valence-electron chi connectivity index (χ3n) is 1.73. The maximum Gasteiger partial charge on any atom is 0.176 e. The molecule has 3 N–H and O–H groups in total. The number of nitrogens with two attached hydrogens (primary N) is 1. The highest BCUT2D eigenvalue weighted by atomic mass is 19.1. The topological polar surface area (TPSA) is 62.0 Å². The fourth-order valence-electron chi connectivity index (χ4n) is 1.07. The van der Waals surface area contributed by atoms with Gasteiger partial charge in [0.15, 0.2) is 5.82 Å². The Bertz CT molecular complexity index is 383. The molecule has 14 heavy (non-hydrogen) atoms. The van der Waals surface area contributed by atoms with Crippen LogP contribution in [0.25, 0.3) is 0 Å². The van der Waals surface area contributed by atoms with Gasteiger partial charge in [0.25, 0.3) is 0 Å². The van der Waals surface area contributed by atoms with Gasteiger partial charge in [0.05, 0.1) is 6.20 Å². The van der Waals surface area contributed by atoms with Crippen LogP contribution in [-0.4, -0.2) is 10.4 Å². The molecule has 1 aliphatic heterocycles. The lowest BCUT2D eigenvalue weighted by atomic mass is 10.3. The summed E-state index contributed by atoms with van der Waals surface area (Å²) in [5, 5.41) is 10.4. The van der Waals surface area contributed by atoms with E-state index in [0.717, 1.165) is 5.06 Å². The van der Waals surface area contributed by atoms with Gasteiger partial charge in [0.2, 0.25) is 0 Å². The molecule has 0 amide bonds. The van der Waals surface area contributed by atoms with Crippen molar-refractivity contribution in [1.82, 2.24) is 5.23 Å². The maximum absolute atomic E-state index is 13.2. The fraction of sp³-hybridized carbons (Fsp3) is 0. The summed E-state index contributed by atoms with van der Waals surface area (Å²) in [5.74, 6) is -0.486. The van der Waals surface area contributed by atoms with Gasteiger partial charge in [-0.25, -0.2) is 4.39 Å². The molecular formula is C8H8FN3O2. The highest BCUT2D eigenvalue weighted by Crippen LogP contribution is 2.23. The second kappa shape index (κ2) is 3.17. The van der Waals surface area contributed by atoms with E-state index in [1.807, 2.05) is 0 Å². The SMILES string of the molecule is NC1=CN(c2ccccc2F)ON1O. The molecule has 74 valence electrons. The summed E-state index contributed by atoms with van der Waals surface area (Å²) in [6, 6.07) is 5.98. The second-order valence-corrected chi connectivity index (χ2v) is 2.69. The first-order chi connectivity index (χ1) is 6.68. The number of rotatable bonds is 1. The van der Waals surface area contributed by atoms with E-state index in [4.69, 9.17) is 15.9 Å². The summed E-state index contributed by atoms with van der Waals surface area (Å²) in [4.78, 5) is 4.71. The Morgan fingerprint density at radius 3 is 2.64 bits per heavy atom. The molecule has 0 aromatic heterocycles. The first-order valence-corrected chi connectivity index (χ1v) is 3.86. The molecule has 0 fully saturated rings. The number of nitrogens with zero attached hydrogens (tertiary/aromatic N) is 2. The van der Waals surface area contributed by atoms with Crippen molar-refractivity contribution in [3.8, 4) is 0 Å². The Morgan fingerprint density at radius 1 is 1.36 bits per heavy atom. The number of halogens is 1. The summed E-state index contributed by atoms with van der Waals surface area (Å²) in [7, 11) is 0. The van der Waals surface area contributed by atoms with E-state index >= 15 is 0 Å². The number of anilines is 1. The molecule has 0 atom stereocenters. The lowest BCUT2D eigenvalue weighted by Gasteiger charge is -2.15. The first kappa shape index (κ1) is 8.79. The zero-order valence-electron chi connectivity index (χ0n) is 7.09. The van der Waals surface area contributed by atoms with Gasteiger partial charge in [-0.15, -0.1) is 4.94 Å². The van der Waals surface area contributed by atoms with Crippen LogP contribution in [0.2, 0.25) is 0 Å². The number of hydroxylamine groups is 3. The fourth-order valence-corrected chi connectivity index (χ4v) is 1.07. The highest BCUT2D eigenvalue weighted by molar-refractivity contribution is 5.48. The van der Waals surface area contributed by atoms with E-state index in [9.17, 15) is 4.39 Å². The third kappa shape index (κ3) is 1.36. The molecule has 1 aromatic rings. The van der Waals surface area contributed by atoms with Gasteiger partial charge < -0.3 is 5.73 Å². The molecule has 1 heterocycles. The number of para-hydroxylation sites is 1. The van der Waals surface area contributed by atoms with Crippen molar-refractivity contribution in [1.29, 1.82) is 0 Å². The molecular weight excluding hydrogens is 189 g/mol. The summed E-state index contributed by atoms with van der Waals surface area (Å²) < 4.78 is 13.2. The van der Waals surface area contributed by atoms with Crippen molar-refractivity contribution in [3.63, 3.8) is 0 Å². The molecule has 0 aliphatic carbocycles. The Balaban J connectivity index is 2.30. The van der Waals surface area contributed by atoms with Crippen molar-refractivity contribution < 1.29 is 14.5 Å². The molecule has 5 nitrogen and oxygen atoms in total. The second-order valence-electron chi connectivity index (χ2n) is 2.69. The first-order valence-electron chi connectivity index (χ1n) is 3.86. The Kier molecular flexibility index (Phi) is 1.99. The van der Waals surface area contributed by atoms with Crippen molar-refractivity contribution in [3.05, 3.63) is 42.1 Å². The smallest absolute Gasteiger partial charge is 0.176 e. The maximum atomic E-state index is 13.2. The van der Waals surface area contributed by atoms with E-state index in [0.29, 0.717) is 5.23 Å². The zero-order chi connectivity index (χ0) is 10.1. The molecule has 0 saturated heterocycles. The highest BCUT2D eigenvalue weighted by Gasteiger charge is 2.21. The predicted octanol–water partition coefficient (Wildman–Crippen LogP) is 0.941. The van der Waals surface area contributed by atoms with Crippen LogP contribution in [0.5, 0.6) is 0 Å². The minimum atomic E-state index is -0.466. The Morgan fingerprint density at radius 2 is 2.07 bits per heavy atom. The van der Waals surface area contributed by atoms with Gasteiger partial charge in [0, 0.05) is 0 Å². The van der Waals surface area contributed by atoms with Gasteiger partial charge >= 0.3 is 0 Å². The molecule has 0 saturated carbocycles. The van der Waals surface area contributed by atoms with Gasteiger partial charge in [-0.1, -0.05) is 17.4 Å². The van der Waals surface area contributed by atoms with E-state index in [1.54, 1.807) is 12.1 Å². The summed E-state index contributed by atoms with van der Waals surface area (Å²) >= 11 is 0. The van der Waals surface area contributed by atoms with E-state index < -0.39 is 5.82 Å². The lowest BCUT2D eigenvalue weighted by Crippen LogP contribution is -2.23.